The van der Waals surface area contributed by atoms with E-state index in [1.165, 1.54) is 5.57 Å². The second kappa shape index (κ2) is 4.32. The average Bonchev–Trinajstić information content (AvgIpc) is 1.88. The summed E-state index contributed by atoms with van der Waals surface area (Å²) in [6, 6.07) is 0. The molecule has 0 heterocycles. The van der Waals surface area contributed by atoms with Crippen LogP contribution in [0.4, 0.5) is 0 Å². The molecule has 58 valence electrons. The van der Waals surface area contributed by atoms with Gasteiger partial charge in [-0.05, 0) is 18.3 Å². The van der Waals surface area contributed by atoms with Crippen LogP contribution < -0.4 is 0 Å². The molecule has 0 N–H and O–H groups in total. The molecule has 0 aliphatic heterocycles. The molecule has 0 aromatic carbocycles. The SMILES string of the molecule is C=CC(C(=C)CC)C(C)C. The minimum Gasteiger partial charge on any atom is -0.102 e. The molecule has 0 heteroatoms. The first-order chi connectivity index (χ1) is 4.63. The predicted molar refractivity (Wildman–Crippen MR) is 48.0 cm³/mol. The fourth-order valence-electron chi connectivity index (χ4n) is 1.15. The topological polar surface area (TPSA) is 0 Å². The van der Waals surface area contributed by atoms with Crippen molar-refractivity contribution >= 4 is 0 Å². The molecular weight excluding hydrogens is 120 g/mol. The number of allylic oxidation sites excluding steroid dienone is 2. The van der Waals surface area contributed by atoms with Crippen LogP contribution in [-0.4, -0.2) is 0 Å². The Kier molecular flexibility index (Phi) is 4.10. The van der Waals surface area contributed by atoms with E-state index in [0.717, 1.165) is 6.42 Å². The van der Waals surface area contributed by atoms with Crippen LogP contribution in [0, 0.1) is 11.8 Å². The van der Waals surface area contributed by atoms with Crippen LogP contribution >= 0.6 is 0 Å². The average molecular weight is 138 g/mol. The molecule has 0 spiro atoms. The molecular formula is C10H18. The van der Waals surface area contributed by atoms with Gasteiger partial charge < -0.3 is 0 Å². The Morgan fingerprint density at radius 3 is 2.10 bits per heavy atom. The Balaban J connectivity index is 4.06. The van der Waals surface area contributed by atoms with Crippen molar-refractivity contribution in [2.24, 2.45) is 11.8 Å². The Labute approximate surface area is 64.6 Å². The van der Waals surface area contributed by atoms with Gasteiger partial charge in [0, 0.05) is 0 Å². The molecule has 0 radical (unpaired) electrons. The lowest BCUT2D eigenvalue weighted by Crippen LogP contribution is -2.06. The monoisotopic (exact) mass is 138 g/mol. The van der Waals surface area contributed by atoms with Gasteiger partial charge in [0.15, 0.2) is 0 Å². The lowest BCUT2D eigenvalue weighted by Gasteiger charge is -2.17. The molecule has 0 amide bonds. The Morgan fingerprint density at radius 1 is 1.50 bits per heavy atom. The zero-order chi connectivity index (χ0) is 8.15. The maximum absolute atomic E-state index is 3.99. The molecule has 10 heavy (non-hydrogen) atoms. The molecule has 0 fully saturated rings. The summed E-state index contributed by atoms with van der Waals surface area (Å²) in [5.41, 5.74) is 1.30. The summed E-state index contributed by atoms with van der Waals surface area (Å²) < 4.78 is 0. The van der Waals surface area contributed by atoms with Gasteiger partial charge in [-0.2, -0.15) is 0 Å². The van der Waals surface area contributed by atoms with E-state index in [0.29, 0.717) is 11.8 Å². The van der Waals surface area contributed by atoms with Crippen molar-refractivity contribution < 1.29 is 0 Å². The molecule has 1 unspecified atom stereocenters. The van der Waals surface area contributed by atoms with Crippen molar-refractivity contribution in [3.05, 3.63) is 24.8 Å². The van der Waals surface area contributed by atoms with Crippen molar-refractivity contribution in [3.8, 4) is 0 Å². The van der Waals surface area contributed by atoms with Gasteiger partial charge in [0.05, 0.1) is 0 Å². The Morgan fingerprint density at radius 2 is 2.00 bits per heavy atom. The fourth-order valence-corrected chi connectivity index (χ4v) is 1.15. The van der Waals surface area contributed by atoms with Crippen molar-refractivity contribution in [2.75, 3.05) is 0 Å². The molecule has 0 bridgehead atoms. The fraction of sp³-hybridized carbons (Fsp3) is 0.600. The van der Waals surface area contributed by atoms with Gasteiger partial charge in [-0.3, -0.25) is 0 Å². The largest absolute Gasteiger partial charge is 0.102 e. The van der Waals surface area contributed by atoms with E-state index in [9.17, 15) is 0 Å². The molecule has 0 aliphatic carbocycles. The van der Waals surface area contributed by atoms with Crippen LogP contribution in [0.1, 0.15) is 27.2 Å². The molecule has 0 aromatic rings. The van der Waals surface area contributed by atoms with Gasteiger partial charge in [-0.15, -0.1) is 6.58 Å². The minimum absolute atomic E-state index is 0.505. The third-order valence-corrected chi connectivity index (χ3v) is 1.90. The predicted octanol–water partition coefficient (Wildman–Crippen LogP) is 3.41. The highest BCUT2D eigenvalue weighted by atomic mass is 14.1. The summed E-state index contributed by atoms with van der Waals surface area (Å²) in [6.45, 7) is 14.3. The standard InChI is InChI=1S/C10H18/c1-6-9(5)10(7-2)8(3)4/h7-8,10H,2,5-6H2,1,3-4H3. The molecule has 0 nitrogen and oxygen atoms in total. The minimum atomic E-state index is 0.505. The molecule has 1 atom stereocenters. The van der Waals surface area contributed by atoms with E-state index in [-0.39, 0.29) is 0 Å². The first-order valence-corrected chi connectivity index (χ1v) is 3.93. The molecule has 0 rings (SSSR count). The van der Waals surface area contributed by atoms with Crippen LogP contribution in [0.25, 0.3) is 0 Å². The lowest BCUT2D eigenvalue weighted by atomic mass is 9.88. The van der Waals surface area contributed by atoms with Gasteiger partial charge in [0.2, 0.25) is 0 Å². The quantitative estimate of drug-likeness (QED) is 0.522. The smallest absolute Gasteiger partial charge is 0.000572 e. The second-order valence-electron chi connectivity index (χ2n) is 3.02. The summed E-state index contributed by atoms with van der Waals surface area (Å²) in [5.74, 6) is 1.15. The molecule has 0 aromatic heterocycles. The highest BCUT2D eigenvalue weighted by Gasteiger charge is 2.10. The van der Waals surface area contributed by atoms with Gasteiger partial charge in [-0.25, -0.2) is 0 Å². The van der Waals surface area contributed by atoms with Crippen LogP contribution in [0.5, 0.6) is 0 Å². The summed E-state index contributed by atoms with van der Waals surface area (Å²) in [5, 5.41) is 0. The van der Waals surface area contributed by atoms with Crippen LogP contribution in [0.3, 0.4) is 0 Å². The zero-order valence-electron chi connectivity index (χ0n) is 7.35. The van der Waals surface area contributed by atoms with Crippen LogP contribution in [-0.2, 0) is 0 Å². The maximum Gasteiger partial charge on any atom is -0.000572 e. The molecule has 0 saturated heterocycles. The van der Waals surface area contributed by atoms with E-state index in [4.69, 9.17) is 0 Å². The van der Waals surface area contributed by atoms with E-state index in [1.54, 1.807) is 0 Å². The summed E-state index contributed by atoms with van der Waals surface area (Å²) in [4.78, 5) is 0. The van der Waals surface area contributed by atoms with Crippen molar-refractivity contribution in [2.45, 2.75) is 27.2 Å². The van der Waals surface area contributed by atoms with E-state index < -0.39 is 0 Å². The van der Waals surface area contributed by atoms with Crippen molar-refractivity contribution in [1.29, 1.82) is 0 Å². The Hall–Kier alpha value is -0.520. The van der Waals surface area contributed by atoms with Gasteiger partial charge in [0.25, 0.3) is 0 Å². The first kappa shape index (κ1) is 9.48. The van der Waals surface area contributed by atoms with Crippen LogP contribution in [0.2, 0.25) is 0 Å². The normalized spacial score (nSPS) is 13.2. The van der Waals surface area contributed by atoms with Gasteiger partial charge >= 0.3 is 0 Å². The number of rotatable bonds is 4. The Bertz CT molecular complexity index is 120. The highest BCUT2D eigenvalue weighted by Crippen LogP contribution is 2.21. The van der Waals surface area contributed by atoms with Gasteiger partial charge in [0.1, 0.15) is 0 Å². The van der Waals surface area contributed by atoms with E-state index in [1.807, 2.05) is 6.08 Å². The van der Waals surface area contributed by atoms with E-state index in [2.05, 4.69) is 33.9 Å². The van der Waals surface area contributed by atoms with Crippen molar-refractivity contribution in [1.82, 2.24) is 0 Å². The first-order valence-electron chi connectivity index (χ1n) is 3.93. The van der Waals surface area contributed by atoms with Gasteiger partial charge in [-0.1, -0.05) is 39.0 Å². The lowest BCUT2D eigenvalue weighted by molar-refractivity contribution is 0.518. The highest BCUT2D eigenvalue weighted by molar-refractivity contribution is 5.07. The maximum atomic E-state index is 3.99. The molecule has 0 saturated carbocycles. The third-order valence-electron chi connectivity index (χ3n) is 1.90. The number of hydrogen-bond acceptors (Lipinski definition) is 0. The van der Waals surface area contributed by atoms with Crippen molar-refractivity contribution in [3.63, 3.8) is 0 Å². The van der Waals surface area contributed by atoms with Crippen LogP contribution in [0.15, 0.2) is 24.8 Å². The molecule has 0 aliphatic rings. The summed E-state index contributed by atoms with van der Waals surface area (Å²) >= 11 is 0. The summed E-state index contributed by atoms with van der Waals surface area (Å²) in [6.07, 6.45) is 3.06. The van der Waals surface area contributed by atoms with E-state index >= 15 is 0 Å². The summed E-state index contributed by atoms with van der Waals surface area (Å²) in [7, 11) is 0. The zero-order valence-corrected chi connectivity index (χ0v) is 7.35. The number of hydrogen-bond donors (Lipinski definition) is 0. The third kappa shape index (κ3) is 2.38. The second-order valence-corrected chi connectivity index (χ2v) is 3.02.